The zero-order chi connectivity index (χ0) is 22.7. The Morgan fingerprint density at radius 3 is 2.31 bits per heavy atom. The number of anilines is 1. The number of nitrogens with zero attached hydrogens (tertiary/aromatic N) is 2. The molecule has 32 heavy (non-hydrogen) atoms. The second-order valence-corrected chi connectivity index (χ2v) is 6.94. The van der Waals surface area contributed by atoms with Gasteiger partial charge in [0.25, 0.3) is 0 Å². The molecule has 1 atom stereocenters. The van der Waals surface area contributed by atoms with E-state index >= 15 is 0 Å². The monoisotopic (exact) mass is 438 g/mol. The van der Waals surface area contributed by atoms with E-state index in [-0.39, 0.29) is 18.3 Å². The second-order valence-electron chi connectivity index (χ2n) is 6.94. The first-order valence-electron chi connectivity index (χ1n) is 9.59. The molecule has 11 heteroatoms. The van der Waals surface area contributed by atoms with E-state index in [1.807, 2.05) is 54.0 Å². The molecule has 0 saturated carbocycles. The number of fused-ring (bicyclic) bond motifs is 3. The van der Waals surface area contributed by atoms with E-state index in [9.17, 15) is 14.4 Å². The summed E-state index contributed by atoms with van der Waals surface area (Å²) in [5.41, 5.74) is 5.78. The molecule has 2 aromatic carbocycles. The lowest BCUT2D eigenvalue weighted by atomic mass is 9.98. The largest absolute Gasteiger partial charge is 0.479 e. The Bertz CT molecular complexity index is 1130. The summed E-state index contributed by atoms with van der Waals surface area (Å²) in [7, 11) is 0. The molecular weight excluding hydrogens is 420 g/mol. The highest BCUT2D eigenvalue weighted by atomic mass is 16.7. The number of carbonyl (C=O) groups excluding carboxylic acids is 2. The van der Waals surface area contributed by atoms with Crippen molar-refractivity contribution in [2.24, 2.45) is 0 Å². The van der Waals surface area contributed by atoms with Gasteiger partial charge in [0.1, 0.15) is 6.61 Å². The first-order valence-corrected chi connectivity index (χ1v) is 9.59. The van der Waals surface area contributed by atoms with Crippen molar-refractivity contribution in [2.75, 3.05) is 11.9 Å². The van der Waals surface area contributed by atoms with Crippen molar-refractivity contribution in [3.8, 4) is 11.1 Å². The summed E-state index contributed by atoms with van der Waals surface area (Å²) in [5, 5.41) is 17.9. The lowest BCUT2D eigenvalue weighted by Crippen LogP contribution is -2.33. The third-order valence-corrected chi connectivity index (χ3v) is 4.94. The van der Waals surface area contributed by atoms with E-state index in [0.717, 1.165) is 22.3 Å². The molecule has 2 amide bonds. The number of benzene rings is 2. The molecule has 0 bridgehead atoms. The minimum atomic E-state index is -1.29. The topological polar surface area (TPSA) is 153 Å². The Hall–Kier alpha value is -4.25. The smallest absolute Gasteiger partial charge is 0.412 e. The maximum atomic E-state index is 12.3. The van der Waals surface area contributed by atoms with Crippen LogP contribution in [0.5, 0.6) is 0 Å². The van der Waals surface area contributed by atoms with E-state index in [0.29, 0.717) is 0 Å². The third-order valence-electron chi connectivity index (χ3n) is 4.94. The summed E-state index contributed by atoms with van der Waals surface area (Å²) in [6, 6.07) is 15.8. The van der Waals surface area contributed by atoms with Gasteiger partial charge in [0.2, 0.25) is 11.5 Å². The summed E-state index contributed by atoms with van der Waals surface area (Å²) in [5.74, 6) is -2.67. The van der Waals surface area contributed by atoms with Gasteiger partial charge in [-0.15, -0.1) is 0 Å². The Morgan fingerprint density at radius 2 is 1.69 bits per heavy atom. The molecule has 0 saturated heterocycles. The lowest BCUT2D eigenvalue weighted by molar-refractivity contribution is -0.152. The highest BCUT2D eigenvalue weighted by Crippen LogP contribution is 2.44. The quantitative estimate of drug-likeness (QED) is 0.472. The van der Waals surface area contributed by atoms with Crippen molar-refractivity contribution < 1.29 is 33.7 Å². The fraction of sp³-hybridized carbons (Fsp3) is 0.190. The average Bonchev–Trinajstić information content (AvgIpc) is 3.38. The van der Waals surface area contributed by atoms with E-state index in [2.05, 4.69) is 25.1 Å². The molecule has 0 radical (unpaired) electrons. The zero-order valence-electron chi connectivity index (χ0n) is 16.8. The van der Waals surface area contributed by atoms with Gasteiger partial charge in [0.15, 0.2) is 6.10 Å². The molecule has 0 fully saturated rings. The first-order chi connectivity index (χ1) is 15.5. The van der Waals surface area contributed by atoms with Gasteiger partial charge in [-0.3, -0.25) is 14.9 Å². The number of nitrogens with one attached hydrogen (secondary N) is 2. The molecule has 0 aliphatic heterocycles. The van der Waals surface area contributed by atoms with Crippen LogP contribution in [0.4, 0.5) is 10.6 Å². The fourth-order valence-corrected chi connectivity index (χ4v) is 3.39. The molecule has 164 valence electrons. The Kier molecular flexibility index (Phi) is 5.81. The minimum Gasteiger partial charge on any atom is -0.479 e. The van der Waals surface area contributed by atoms with Crippen LogP contribution in [0, 0.1) is 0 Å². The van der Waals surface area contributed by atoms with Crippen LogP contribution in [0.25, 0.3) is 11.1 Å². The summed E-state index contributed by atoms with van der Waals surface area (Å²) < 4.78 is 9.87. The molecular formula is C21H18N4O7. The Balaban J connectivity index is 1.39. The first kappa shape index (κ1) is 21.0. The lowest BCUT2D eigenvalue weighted by Gasteiger charge is -2.14. The summed E-state index contributed by atoms with van der Waals surface area (Å²) >= 11 is 0. The van der Waals surface area contributed by atoms with Crippen LogP contribution in [0.2, 0.25) is 0 Å². The second kappa shape index (κ2) is 8.86. The number of carboxylic acids is 1. The zero-order valence-corrected chi connectivity index (χ0v) is 16.8. The number of aliphatic carboxylic acids is 1. The molecule has 0 spiro atoms. The van der Waals surface area contributed by atoms with Crippen LogP contribution in [-0.2, 0) is 14.4 Å². The van der Waals surface area contributed by atoms with Crippen molar-refractivity contribution in [3.63, 3.8) is 0 Å². The van der Waals surface area contributed by atoms with Gasteiger partial charge < -0.3 is 9.84 Å². The summed E-state index contributed by atoms with van der Waals surface area (Å²) in [6.07, 6.45) is -2.16. The normalized spacial score (nSPS) is 13.0. The van der Waals surface area contributed by atoms with E-state index in [1.54, 1.807) is 0 Å². The number of aromatic nitrogens is 2. The molecule has 3 N–H and O–H groups in total. The van der Waals surface area contributed by atoms with Gasteiger partial charge >= 0.3 is 18.0 Å². The van der Waals surface area contributed by atoms with Gasteiger partial charge in [-0.05, 0) is 39.5 Å². The molecule has 11 nitrogen and oxygen atoms in total. The number of rotatable bonds is 7. The fourth-order valence-electron chi connectivity index (χ4n) is 3.39. The summed E-state index contributed by atoms with van der Waals surface area (Å²) in [6.45, 7) is 1.28. The van der Waals surface area contributed by atoms with Crippen LogP contribution in [0.3, 0.4) is 0 Å². The van der Waals surface area contributed by atoms with Gasteiger partial charge in [-0.1, -0.05) is 48.5 Å². The van der Waals surface area contributed by atoms with Gasteiger partial charge in [-0.25, -0.2) is 19.7 Å². The van der Waals surface area contributed by atoms with Crippen LogP contribution in [0.15, 0.2) is 53.2 Å². The van der Waals surface area contributed by atoms with Gasteiger partial charge in [-0.2, -0.15) is 0 Å². The Labute approximate surface area is 181 Å². The van der Waals surface area contributed by atoms with E-state index in [1.165, 1.54) is 6.92 Å². The number of hydrogen-bond donors (Lipinski definition) is 3. The van der Waals surface area contributed by atoms with Crippen molar-refractivity contribution in [2.45, 2.75) is 18.9 Å². The van der Waals surface area contributed by atoms with Crippen LogP contribution < -0.4 is 10.8 Å². The molecule has 3 aromatic rings. The van der Waals surface area contributed by atoms with Crippen LogP contribution in [0.1, 0.15) is 34.5 Å². The molecule has 1 heterocycles. The molecule has 1 unspecified atom stereocenters. The predicted octanol–water partition coefficient (Wildman–Crippen LogP) is 2.57. The average molecular weight is 438 g/mol. The van der Waals surface area contributed by atoms with Crippen LogP contribution >= 0.6 is 0 Å². The van der Waals surface area contributed by atoms with E-state index in [4.69, 9.17) is 9.84 Å². The summed E-state index contributed by atoms with van der Waals surface area (Å²) in [4.78, 5) is 39.9. The standard InChI is InChI=1S/C21H18N4O7/c1-11(20(27)28)31-25-19(26)17-18(24-32-23-17)22-21(29)30-10-16-14-8-4-2-6-12(14)13-7-3-5-9-15(13)16/h2-9,11,16H,10H2,1H3,(H,25,26)(H,27,28)(H,22,24,29). The maximum Gasteiger partial charge on any atom is 0.412 e. The van der Waals surface area contributed by atoms with Crippen molar-refractivity contribution in [1.82, 2.24) is 15.8 Å². The van der Waals surface area contributed by atoms with Crippen molar-refractivity contribution >= 4 is 23.8 Å². The number of ether oxygens (including phenoxy) is 1. The highest BCUT2D eigenvalue weighted by Gasteiger charge is 2.29. The number of amides is 2. The maximum absolute atomic E-state index is 12.3. The SMILES string of the molecule is CC(ONC(=O)c1nonc1NC(=O)OCC1c2ccccc2-c2ccccc21)C(=O)O. The van der Waals surface area contributed by atoms with Gasteiger partial charge in [0, 0.05) is 5.92 Å². The number of carbonyl (C=O) groups is 3. The Morgan fingerprint density at radius 1 is 1.06 bits per heavy atom. The molecule has 1 aliphatic rings. The minimum absolute atomic E-state index is 0.0614. The third kappa shape index (κ3) is 4.14. The van der Waals surface area contributed by atoms with Crippen molar-refractivity contribution in [3.05, 3.63) is 65.4 Å². The number of hydrogen-bond acceptors (Lipinski definition) is 8. The van der Waals surface area contributed by atoms with Gasteiger partial charge in [0.05, 0.1) is 0 Å². The molecule has 4 rings (SSSR count). The van der Waals surface area contributed by atoms with E-state index < -0.39 is 29.8 Å². The highest BCUT2D eigenvalue weighted by molar-refractivity contribution is 5.99. The van der Waals surface area contributed by atoms with Crippen LogP contribution in [-0.4, -0.2) is 46.1 Å². The van der Waals surface area contributed by atoms with Crippen molar-refractivity contribution in [1.29, 1.82) is 0 Å². The number of hydroxylamine groups is 1. The predicted molar refractivity (Wildman–Crippen MR) is 109 cm³/mol. The molecule has 1 aromatic heterocycles. The molecule has 1 aliphatic carbocycles. The number of carboxylic acid groups (broad SMARTS) is 1.